The molecular formula is C10H7Cl3N2S. The summed E-state index contributed by atoms with van der Waals surface area (Å²) in [6, 6.07) is 3.33. The highest BCUT2D eigenvalue weighted by molar-refractivity contribution is 7.07. The molecule has 2 aromatic rings. The Kier molecular flexibility index (Phi) is 3.92. The van der Waals surface area contributed by atoms with Crippen LogP contribution in [0, 0.1) is 0 Å². The summed E-state index contributed by atoms with van der Waals surface area (Å²) >= 11 is 19.3. The standard InChI is InChI=1S/C10H7Cl3N2S/c11-7-1-9(13)10(2-8(7)12)14-3-6-4-16-5-15-6/h1-2,4-5,14H,3H2. The van der Waals surface area contributed by atoms with Crippen LogP contribution in [0.2, 0.25) is 15.1 Å². The third-order valence-corrected chi connectivity index (χ3v) is 3.62. The number of rotatable bonds is 3. The van der Waals surface area contributed by atoms with Crippen molar-refractivity contribution < 1.29 is 0 Å². The zero-order valence-corrected chi connectivity index (χ0v) is 11.1. The maximum Gasteiger partial charge on any atom is 0.0795 e. The second kappa shape index (κ2) is 5.23. The lowest BCUT2D eigenvalue weighted by atomic mass is 10.3. The molecule has 0 aliphatic rings. The maximum absolute atomic E-state index is 6.02. The summed E-state index contributed by atoms with van der Waals surface area (Å²) < 4.78 is 0. The highest BCUT2D eigenvalue weighted by Crippen LogP contribution is 2.32. The molecule has 1 aromatic carbocycles. The van der Waals surface area contributed by atoms with Crippen molar-refractivity contribution in [3.05, 3.63) is 43.8 Å². The molecule has 0 saturated heterocycles. The molecule has 1 N–H and O–H groups in total. The largest absolute Gasteiger partial charge is 0.378 e. The summed E-state index contributed by atoms with van der Waals surface area (Å²) in [4.78, 5) is 4.15. The molecule has 0 saturated carbocycles. The summed E-state index contributed by atoms with van der Waals surface area (Å²) in [6.07, 6.45) is 0. The number of nitrogens with one attached hydrogen (secondary N) is 1. The summed E-state index contributed by atoms with van der Waals surface area (Å²) in [6.45, 7) is 0.612. The van der Waals surface area contributed by atoms with Crippen molar-refractivity contribution in [1.82, 2.24) is 4.98 Å². The smallest absolute Gasteiger partial charge is 0.0795 e. The molecule has 6 heteroatoms. The molecule has 0 fully saturated rings. The van der Waals surface area contributed by atoms with Gasteiger partial charge in [-0.05, 0) is 12.1 Å². The fourth-order valence-corrected chi connectivity index (χ4v) is 2.34. The molecule has 2 nitrogen and oxygen atoms in total. The first-order valence-electron chi connectivity index (χ1n) is 4.42. The maximum atomic E-state index is 6.02. The van der Waals surface area contributed by atoms with Gasteiger partial charge in [0.2, 0.25) is 0 Å². The van der Waals surface area contributed by atoms with Gasteiger partial charge in [0.1, 0.15) is 0 Å². The van der Waals surface area contributed by atoms with Crippen molar-refractivity contribution in [1.29, 1.82) is 0 Å². The minimum atomic E-state index is 0.450. The van der Waals surface area contributed by atoms with Gasteiger partial charge >= 0.3 is 0 Å². The van der Waals surface area contributed by atoms with Gasteiger partial charge in [0.05, 0.1) is 38.5 Å². The van der Waals surface area contributed by atoms with E-state index in [9.17, 15) is 0 Å². The normalized spacial score (nSPS) is 10.4. The molecule has 2 rings (SSSR count). The monoisotopic (exact) mass is 292 g/mol. The van der Waals surface area contributed by atoms with E-state index < -0.39 is 0 Å². The third-order valence-electron chi connectivity index (χ3n) is 1.95. The van der Waals surface area contributed by atoms with Crippen LogP contribution in [0.3, 0.4) is 0 Å². The molecule has 1 heterocycles. The summed E-state index contributed by atoms with van der Waals surface area (Å²) in [5.41, 5.74) is 3.50. The summed E-state index contributed by atoms with van der Waals surface area (Å²) in [5.74, 6) is 0. The lowest BCUT2D eigenvalue weighted by molar-refractivity contribution is 1.07. The SMILES string of the molecule is Clc1cc(Cl)c(NCc2cscn2)cc1Cl. The molecule has 0 aliphatic carbocycles. The van der Waals surface area contributed by atoms with E-state index in [2.05, 4.69) is 10.3 Å². The first-order chi connectivity index (χ1) is 7.66. The number of hydrogen-bond donors (Lipinski definition) is 1. The zero-order chi connectivity index (χ0) is 11.5. The Morgan fingerprint density at radius 1 is 1.12 bits per heavy atom. The van der Waals surface area contributed by atoms with E-state index in [4.69, 9.17) is 34.8 Å². The van der Waals surface area contributed by atoms with Crippen molar-refractivity contribution in [3.63, 3.8) is 0 Å². The number of anilines is 1. The van der Waals surface area contributed by atoms with Crippen LogP contribution in [0.5, 0.6) is 0 Å². The molecule has 84 valence electrons. The predicted molar refractivity (Wildman–Crippen MR) is 70.9 cm³/mol. The minimum Gasteiger partial charge on any atom is -0.378 e. The first-order valence-corrected chi connectivity index (χ1v) is 6.50. The second-order valence-electron chi connectivity index (χ2n) is 3.08. The van der Waals surface area contributed by atoms with Crippen LogP contribution in [0.25, 0.3) is 0 Å². The lowest BCUT2D eigenvalue weighted by Crippen LogP contribution is -2.00. The molecule has 0 atom stereocenters. The summed E-state index contributed by atoms with van der Waals surface area (Å²) in [7, 11) is 0. The van der Waals surface area contributed by atoms with Gasteiger partial charge in [-0.15, -0.1) is 11.3 Å². The van der Waals surface area contributed by atoms with Crippen LogP contribution >= 0.6 is 46.1 Å². The number of halogens is 3. The van der Waals surface area contributed by atoms with Crippen LogP contribution in [-0.4, -0.2) is 4.98 Å². The van der Waals surface area contributed by atoms with Gasteiger partial charge in [0.15, 0.2) is 0 Å². The third kappa shape index (κ3) is 2.80. The van der Waals surface area contributed by atoms with Crippen LogP contribution in [0.4, 0.5) is 5.69 Å². The van der Waals surface area contributed by atoms with E-state index in [1.54, 1.807) is 29.0 Å². The Morgan fingerprint density at radius 2 is 1.88 bits per heavy atom. The second-order valence-corrected chi connectivity index (χ2v) is 5.02. The van der Waals surface area contributed by atoms with E-state index in [0.717, 1.165) is 11.4 Å². The van der Waals surface area contributed by atoms with E-state index in [-0.39, 0.29) is 0 Å². The summed E-state index contributed by atoms with van der Waals surface area (Å²) in [5, 5.41) is 6.60. The van der Waals surface area contributed by atoms with Gasteiger partial charge in [-0.2, -0.15) is 0 Å². The predicted octanol–water partition coefficient (Wildman–Crippen LogP) is 4.72. The molecule has 0 aliphatic heterocycles. The van der Waals surface area contributed by atoms with Gasteiger partial charge in [-0.25, -0.2) is 4.98 Å². The van der Waals surface area contributed by atoms with E-state index in [1.807, 2.05) is 5.38 Å². The fraction of sp³-hybridized carbons (Fsp3) is 0.100. The molecule has 0 unspecified atom stereocenters. The van der Waals surface area contributed by atoms with Crippen molar-refractivity contribution in [2.75, 3.05) is 5.32 Å². The highest BCUT2D eigenvalue weighted by Gasteiger charge is 2.05. The number of thiazole rings is 1. The quantitative estimate of drug-likeness (QED) is 0.829. The number of nitrogens with zero attached hydrogens (tertiary/aromatic N) is 1. The Morgan fingerprint density at radius 3 is 2.56 bits per heavy atom. The van der Waals surface area contributed by atoms with Crippen molar-refractivity contribution in [2.45, 2.75) is 6.54 Å². The Bertz CT molecular complexity index is 485. The van der Waals surface area contributed by atoms with Crippen molar-refractivity contribution in [2.24, 2.45) is 0 Å². The topological polar surface area (TPSA) is 24.9 Å². The van der Waals surface area contributed by atoms with Crippen molar-refractivity contribution >= 4 is 51.8 Å². The van der Waals surface area contributed by atoms with Gasteiger partial charge in [0, 0.05) is 5.38 Å². The van der Waals surface area contributed by atoms with E-state index in [0.29, 0.717) is 21.6 Å². The number of aromatic nitrogens is 1. The van der Waals surface area contributed by atoms with Crippen LogP contribution < -0.4 is 5.32 Å². The van der Waals surface area contributed by atoms with Gasteiger partial charge in [-0.1, -0.05) is 34.8 Å². The molecule has 1 aromatic heterocycles. The van der Waals surface area contributed by atoms with E-state index >= 15 is 0 Å². The average molecular weight is 294 g/mol. The van der Waals surface area contributed by atoms with Crippen LogP contribution in [-0.2, 0) is 6.54 Å². The molecule has 0 spiro atoms. The molecule has 0 bridgehead atoms. The molecular weight excluding hydrogens is 287 g/mol. The van der Waals surface area contributed by atoms with Gasteiger partial charge < -0.3 is 5.32 Å². The molecule has 16 heavy (non-hydrogen) atoms. The Labute approximate surface area is 112 Å². The number of hydrogen-bond acceptors (Lipinski definition) is 3. The van der Waals surface area contributed by atoms with Crippen molar-refractivity contribution in [3.8, 4) is 0 Å². The average Bonchev–Trinajstić information content (AvgIpc) is 2.74. The molecule has 0 amide bonds. The number of benzene rings is 1. The zero-order valence-electron chi connectivity index (χ0n) is 8.01. The highest BCUT2D eigenvalue weighted by atomic mass is 35.5. The Balaban J connectivity index is 2.12. The van der Waals surface area contributed by atoms with Gasteiger partial charge in [0.25, 0.3) is 0 Å². The minimum absolute atomic E-state index is 0.450. The van der Waals surface area contributed by atoms with E-state index in [1.165, 1.54) is 0 Å². The van der Waals surface area contributed by atoms with Crippen LogP contribution in [0.1, 0.15) is 5.69 Å². The molecule has 0 radical (unpaired) electrons. The van der Waals surface area contributed by atoms with Crippen LogP contribution in [0.15, 0.2) is 23.0 Å². The first kappa shape index (κ1) is 12.0. The van der Waals surface area contributed by atoms with Gasteiger partial charge in [-0.3, -0.25) is 0 Å². The fourth-order valence-electron chi connectivity index (χ4n) is 1.17. The Hall–Kier alpha value is -0.480. The lowest BCUT2D eigenvalue weighted by Gasteiger charge is -2.08.